The predicted octanol–water partition coefficient (Wildman–Crippen LogP) is 4.40. The molecule has 2 atom stereocenters. The molecule has 1 saturated heterocycles. The molecule has 0 saturated carbocycles. The maximum Gasteiger partial charge on any atom is 0.0967 e. The zero-order valence-electron chi connectivity index (χ0n) is 14.6. The summed E-state index contributed by atoms with van der Waals surface area (Å²) in [4.78, 5) is 7.03. The van der Waals surface area contributed by atoms with Crippen molar-refractivity contribution in [3.8, 4) is 0 Å². The lowest BCUT2D eigenvalue weighted by Crippen LogP contribution is -2.44. The number of rotatable bonds is 4. The molecule has 2 aromatic rings. The molecular weight excluding hydrogens is 316 g/mol. The van der Waals surface area contributed by atoms with Crippen molar-refractivity contribution in [1.82, 2.24) is 9.88 Å². The monoisotopic (exact) mass is 342 g/mol. The molecule has 4 heteroatoms. The van der Waals surface area contributed by atoms with Crippen LogP contribution in [0.25, 0.3) is 0 Å². The van der Waals surface area contributed by atoms with Crippen LogP contribution >= 0.6 is 11.3 Å². The highest BCUT2D eigenvalue weighted by atomic mass is 32.1. The van der Waals surface area contributed by atoms with Gasteiger partial charge in [-0.15, -0.1) is 11.3 Å². The average Bonchev–Trinajstić information content (AvgIpc) is 3.18. The summed E-state index contributed by atoms with van der Waals surface area (Å²) in [6, 6.07) is 8.80. The molecule has 1 spiro atoms. The van der Waals surface area contributed by atoms with Crippen molar-refractivity contribution < 1.29 is 4.74 Å². The number of hydrogen-bond donors (Lipinski definition) is 0. The molecule has 128 valence electrons. The molecule has 1 fully saturated rings. The van der Waals surface area contributed by atoms with Gasteiger partial charge < -0.3 is 9.64 Å². The van der Waals surface area contributed by atoms with E-state index in [0.29, 0.717) is 5.92 Å². The zero-order chi connectivity index (χ0) is 16.6. The second kappa shape index (κ2) is 6.58. The van der Waals surface area contributed by atoms with Gasteiger partial charge >= 0.3 is 0 Å². The van der Waals surface area contributed by atoms with E-state index in [9.17, 15) is 0 Å². The summed E-state index contributed by atoms with van der Waals surface area (Å²) in [6.45, 7) is 7.94. The van der Waals surface area contributed by atoms with E-state index in [-0.39, 0.29) is 11.7 Å². The lowest BCUT2D eigenvalue weighted by atomic mass is 9.83. The lowest BCUT2D eigenvalue weighted by Gasteiger charge is -2.40. The standard InChI is InChI=1S/C20H26N2OS/c1-15(11-17-13-24-14-21-17)12-22-9-7-20(8-10-22)19-6-4-3-5-18(19)16(2)23-20/h3-6,13-16H,7-12H2,1-2H3. The van der Waals surface area contributed by atoms with Crippen LogP contribution in [0.2, 0.25) is 0 Å². The highest BCUT2D eigenvalue weighted by Gasteiger charge is 2.45. The number of nitrogens with zero attached hydrogens (tertiary/aromatic N) is 2. The third kappa shape index (κ3) is 3.03. The van der Waals surface area contributed by atoms with E-state index in [1.165, 1.54) is 16.8 Å². The van der Waals surface area contributed by atoms with Crippen molar-refractivity contribution in [2.45, 2.75) is 44.8 Å². The van der Waals surface area contributed by atoms with Crippen LogP contribution in [0.15, 0.2) is 35.2 Å². The molecule has 1 aromatic carbocycles. The van der Waals surface area contributed by atoms with Crippen LogP contribution in [0.4, 0.5) is 0 Å². The number of ether oxygens (including phenoxy) is 1. The molecule has 0 aliphatic carbocycles. The second-order valence-electron chi connectivity index (χ2n) is 7.43. The van der Waals surface area contributed by atoms with Gasteiger partial charge in [-0.3, -0.25) is 0 Å². The Morgan fingerprint density at radius 2 is 2.12 bits per heavy atom. The van der Waals surface area contributed by atoms with Gasteiger partial charge in [-0.05, 0) is 43.2 Å². The number of benzene rings is 1. The molecule has 0 amide bonds. The van der Waals surface area contributed by atoms with Crippen molar-refractivity contribution in [2.75, 3.05) is 19.6 Å². The van der Waals surface area contributed by atoms with Gasteiger partial charge in [-0.25, -0.2) is 4.98 Å². The summed E-state index contributed by atoms with van der Waals surface area (Å²) in [7, 11) is 0. The summed E-state index contributed by atoms with van der Waals surface area (Å²) in [5, 5.41) is 2.17. The third-order valence-corrected chi connectivity index (χ3v) is 6.20. The maximum atomic E-state index is 6.46. The molecule has 0 N–H and O–H groups in total. The number of fused-ring (bicyclic) bond motifs is 2. The average molecular weight is 343 g/mol. The molecule has 0 radical (unpaired) electrons. The first-order valence-corrected chi connectivity index (χ1v) is 9.97. The second-order valence-corrected chi connectivity index (χ2v) is 8.15. The molecule has 2 aliphatic heterocycles. The van der Waals surface area contributed by atoms with Crippen LogP contribution in [-0.4, -0.2) is 29.5 Å². The van der Waals surface area contributed by atoms with E-state index in [1.807, 2.05) is 5.51 Å². The first-order valence-electron chi connectivity index (χ1n) is 9.03. The fraction of sp³-hybridized carbons (Fsp3) is 0.550. The fourth-order valence-electron chi connectivity index (χ4n) is 4.42. The van der Waals surface area contributed by atoms with Crippen molar-refractivity contribution in [3.05, 3.63) is 52.0 Å². The van der Waals surface area contributed by atoms with Gasteiger partial charge in [0.05, 0.1) is 22.9 Å². The minimum Gasteiger partial charge on any atom is -0.363 e. The first kappa shape index (κ1) is 16.2. The van der Waals surface area contributed by atoms with Gasteiger partial charge in [-0.1, -0.05) is 31.2 Å². The van der Waals surface area contributed by atoms with Gasteiger partial charge in [0.25, 0.3) is 0 Å². The molecule has 3 heterocycles. The zero-order valence-corrected chi connectivity index (χ0v) is 15.4. The molecule has 4 rings (SSSR count). The van der Waals surface area contributed by atoms with Gasteiger partial charge in [-0.2, -0.15) is 0 Å². The van der Waals surface area contributed by atoms with Crippen LogP contribution in [0.5, 0.6) is 0 Å². The van der Waals surface area contributed by atoms with E-state index in [0.717, 1.165) is 38.9 Å². The maximum absolute atomic E-state index is 6.46. The highest BCUT2D eigenvalue weighted by Crippen LogP contribution is 2.48. The van der Waals surface area contributed by atoms with Crippen molar-refractivity contribution >= 4 is 11.3 Å². The number of aromatic nitrogens is 1. The van der Waals surface area contributed by atoms with Crippen molar-refractivity contribution in [3.63, 3.8) is 0 Å². The van der Waals surface area contributed by atoms with Crippen molar-refractivity contribution in [2.24, 2.45) is 5.92 Å². The Bertz CT molecular complexity index is 677. The Labute approximate surface area is 148 Å². The van der Waals surface area contributed by atoms with Crippen molar-refractivity contribution in [1.29, 1.82) is 0 Å². The molecule has 0 bridgehead atoms. The number of hydrogen-bond acceptors (Lipinski definition) is 4. The van der Waals surface area contributed by atoms with E-state index >= 15 is 0 Å². The quantitative estimate of drug-likeness (QED) is 0.823. The third-order valence-electron chi connectivity index (χ3n) is 5.57. The summed E-state index contributed by atoms with van der Waals surface area (Å²) < 4.78 is 6.46. The minimum atomic E-state index is -0.0370. The summed E-state index contributed by atoms with van der Waals surface area (Å²) in [5.41, 5.74) is 5.96. The van der Waals surface area contributed by atoms with Gasteiger partial charge in [0, 0.05) is 25.0 Å². The van der Waals surface area contributed by atoms with Gasteiger partial charge in [0.2, 0.25) is 0 Å². The molecule has 2 aliphatic rings. The smallest absolute Gasteiger partial charge is 0.0967 e. The molecule has 1 aromatic heterocycles. The Balaban J connectivity index is 1.37. The summed E-state index contributed by atoms with van der Waals surface area (Å²) >= 11 is 1.69. The number of piperidine rings is 1. The fourth-order valence-corrected chi connectivity index (χ4v) is 4.99. The summed E-state index contributed by atoms with van der Waals surface area (Å²) in [6.07, 6.45) is 3.54. The van der Waals surface area contributed by atoms with Gasteiger partial charge in [0.1, 0.15) is 0 Å². The Morgan fingerprint density at radius 3 is 2.88 bits per heavy atom. The predicted molar refractivity (Wildman–Crippen MR) is 98.3 cm³/mol. The summed E-state index contributed by atoms with van der Waals surface area (Å²) in [5.74, 6) is 0.650. The van der Waals surface area contributed by atoms with Crippen LogP contribution in [0.1, 0.15) is 49.6 Å². The van der Waals surface area contributed by atoms with Crippen LogP contribution in [0.3, 0.4) is 0 Å². The Kier molecular flexibility index (Phi) is 4.46. The minimum absolute atomic E-state index is 0.0370. The van der Waals surface area contributed by atoms with Gasteiger partial charge in [0.15, 0.2) is 0 Å². The van der Waals surface area contributed by atoms with E-state index < -0.39 is 0 Å². The normalized spacial score (nSPS) is 24.2. The molecule has 2 unspecified atom stereocenters. The lowest BCUT2D eigenvalue weighted by molar-refractivity contribution is -0.104. The van der Waals surface area contributed by atoms with Crippen LogP contribution in [0, 0.1) is 5.92 Å². The molecule has 3 nitrogen and oxygen atoms in total. The Hall–Kier alpha value is -1.23. The number of thiazole rings is 1. The van der Waals surface area contributed by atoms with E-state index in [2.05, 4.69) is 53.4 Å². The highest BCUT2D eigenvalue weighted by molar-refractivity contribution is 7.07. The van der Waals surface area contributed by atoms with E-state index in [4.69, 9.17) is 4.74 Å². The Morgan fingerprint density at radius 1 is 1.33 bits per heavy atom. The number of likely N-dealkylation sites (tertiary alicyclic amines) is 1. The van der Waals surface area contributed by atoms with E-state index in [1.54, 1.807) is 11.3 Å². The molecule has 24 heavy (non-hydrogen) atoms. The van der Waals surface area contributed by atoms with Crippen LogP contribution in [-0.2, 0) is 16.8 Å². The topological polar surface area (TPSA) is 25.4 Å². The first-order chi connectivity index (χ1) is 11.7. The van der Waals surface area contributed by atoms with Crippen LogP contribution < -0.4 is 0 Å². The SMILES string of the molecule is CC(Cc1cscn1)CN1CCC2(CC1)OC(C)c1ccccc12. The molecular formula is C20H26N2OS. The largest absolute Gasteiger partial charge is 0.363 e.